The molecule has 1 heterocycles. The third-order valence-corrected chi connectivity index (χ3v) is 3.88. The van der Waals surface area contributed by atoms with E-state index < -0.39 is 0 Å². The Hall–Kier alpha value is -1.07. The molecular weight excluding hydrogens is 300 g/mol. The Morgan fingerprint density at radius 2 is 2.29 bits per heavy atom. The van der Waals surface area contributed by atoms with Crippen molar-refractivity contribution < 1.29 is 4.74 Å². The number of thiazole rings is 1. The molecule has 0 unspecified atom stereocenters. The molecule has 0 spiro atoms. The van der Waals surface area contributed by atoms with Crippen molar-refractivity contribution in [2.24, 2.45) is 0 Å². The summed E-state index contributed by atoms with van der Waals surface area (Å²) in [6.07, 6.45) is 0. The number of ether oxygens (including phenoxy) is 1. The highest BCUT2D eigenvalue weighted by Gasteiger charge is 2.02. The van der Waals surface area contributed by atoms with Gasteiger partial charge in [-0.3, -0.25) is 0 Å². The van der Waals surface area contributed by atoms with Gasteiger partial charge in [0.15, 0.2) is 0 Å². The molecule has 2 rings (SSSR count). The predicted molar refractivity (Wildman–Crippen MR) is 74.9 cm³/mol. The summed E-state index contributed by atoms with van der Waals surface area (Å²) in [5, 5.41) is 6.47. The highest BCUT2D eigenvalue weighted by atomic mass is 79.9. The molecule has 1 aromatic carbocycles. The first-order valence-electron chi connectivity index (χ1n) is 5.17. The molecule has 0 amide bonds. The van der Waals surface area contributed by atoms with E-state index in [0.29, 0.717) is 0 Å². The molecule has 0 saturated heterocycles. The van der Waals surface area contributed by atoms with Crippen LogP contribution in [0.4, 0.5) is 5.69 Å². The van der Waals surface area contributed by atoms with Crippen LogP contribution in [0.15, 0.2) is 28.1 Å². The van der Waals surface area contributed by atoms with Crippen LogP contribution < -0.4 is 10.1 Å². The van der Waals surface area contributed by atoms with Crippen molar-refractivity contribution in [2.75, 3.05) is 12.4 Å². The number of anilines is 1. The van der Waals surface area contributed by atoms with Gasteiger partial charge in [-0.25, -0.2) is 4.98 Å². The van der Waals surface area contributed by atoms with Gasteiger partial charge in [-0.2, -0.15) is 0 Å². The predicted octanol–water partition coefficient (Wildman–Crippen LogP) is 3.83. The summed E-state index contributed by atoms with van der Waals surface area (Å²) in [5.41, 5.74) is 2.10. The lowest BCUT2D eigenvalue weighted by atomic mass is 10.3. The van der Waals surface area contributed by atoms with Crippen molar-refractivity contribution in [3.63, 3.8) is 0 Å². The van der Waals surface area contributed by atoms with E-state index in [1.54, 1.807) is 18.4 Å². The number of benzene rings is 1. The van der Waals surface area contributed by atoms with Gasteiger partial charge >= 0.3 is 0 Å². The fourth-order valence-electron chi connectivity index (χ4n) is 1.43. The second kappa shape index (κ2) is 5.51. The van der Waals surface area contributed by atoms with E-state index in [-0.39, 0.29) is 0 Å². The van der Waals surface area contributed by atoms with Gasteiger partial charge < -0.3 is 10.1 Å². The average Bonchev–Trinajstić information content (AvgIpc) is 2.74. The van der Waals surface area contributed by atoms with E-state index in [2.05, 4.69) is 31.6 Å². The van der Waals surface area contributed by atoms with E-state index in [1.807, 2.05) is 25.1 Å². The molecule has 0 aliphatic heterocycles. The van der Waals surface area contributed by atoms with E-state index in [4.69, 9.17) is 4.74 Å². The van der Waals surface area contributed by atoms with Gasteiger partial charge in [-0.1, -0.05) is 0 Å². The van der Waals surface area contributed by atoms with Crippen molar-refractivity contribution in [3.8, 4) is 5.75 Å². The van der Waals surface area contributed by atoms with Crippen LogP contribution in [0, 0.1) is 6.92 Å². The number of nitrogens with zero attached hydrogens (tertiary/aromatic N) is 1. The Morgan fingerprint density at radius 3 is 2.94 bits per heavy atom. The average molecular weight is 313 g/mol. The van der Waals surface area contributed by atoms with Gasteiger partial charge in [-0.15, -0.1) is 11.3 Å². The zero-order chi connectivity index (χ0) is 12.3. The van der Waals surface area contributed by atoms with Crippen LogP contribution >= 0.6 is 27.3 Å². The molecule has 0 aliphatic carbocycles. The standard InChI is InChI=1S/C12H13BrN2OS/c1-8-7-17-12(15-8)6-14-9-3-4-10(13)11(5-9)16-2/h3-5,7,14H,6H2,1-2H3. The highest BCUT2D eigenvalue weighted by molar-refractivity contribution is 9.10. The molecule has 2 aromatic rings. The summed E-state index contributed by atoms with van der Waals surface area (Å²) in [7, 11) is 1.66. The lowest BCUT2D eigenvalue weighted by Crippen LogP contribution is -1.99. The van der Waals surface area contributed by atoms with Gasteiger partial charge in [0, 0.05) is 22.8 Å². The van der Waals surface area contributed by atoms with E-state index in [9.17, 15) is 0 Å². The summed E-state index contributed by atoms with van der Waals surface area (Å²) in [6, 6.07) is 5.94. The summed E-state index contributed by atoms with van der Waals surface area (Å²) in [4.78, 5) is 4.40. The Bertz CT molecular complexity index is 513. The maximum Gasteiger partial charge on any atom is 0.135 e. The van der Waals surface area contributed by atoms with Crippen molar-refractivity contribution in [3.05, 3.63) is 38.8 Å². The van der Waals surface area contributed by atoms with Gasteiger partial charge in [0.25, 0.3) is 0 Å². The highest BCUT2D eigenvalue weighted by Crippen LogP contribution is 2.28. The molecular formula is C12H13BrN2OS. The van der Waals surface area contributed by atoms with Crippen LogP contribution in [0.2, 0.25) is 0 Å². The van der Waals surface area contributed by atoms with Crippen molar-refractivity contribution in [2.45, 2.75) is 13.5 Å². The maximum absolute atomic E-state index is 5.24. The van der Waals surface area contributed by atoms with E-state index in [1.165, 1.54) is 0 Å². The molecule has 0 bridgehead atoms. The third kappa shape index (κ3) is 3.20. The first-order valence-corrected chi connectivity index (χ1v) is 6.84. The number of nitrogens with one attached hydrogen (secondary N) is 1. The molecule has 17 heavy (non-hydrogen) atoms. The zero-order valence-corrected chi connectivity index (χ0v) is 12.1. The SMILES string of the molecule is COc1cc(NCc2nc(C)cs2)ccc1Br. The number of methoxy groups -OCH3 is 1. The number of aryl methyl sites for hydroxylation is 1. The van der Waals surface area contributed by atoms with Crippen molar-refractivity contribution >= 4 is 33.0 Å². The Kier molecular flexibility index (Phi) is 4.02. The van der Waals surface area contributed by atoms with Gasteiger partial charge in [0.05, 0.1) is 18.1 Å². The van der Waals surface area contributed by atoms with E-state index >= 15 is 0 Å². The minimum absolute atomic E-state index is 0.739. The molecule has 3 nitrogen and oxygen atoms in total. The molecule has 0 saturated carbocycles. The summed E-state index contributed by atoms with van der Waals surface area (Å²) in [5.74, 6) is 0.824. The maximum atomic E-state index is 5.24. The molecule has 90 valence electrons. The second-order valence-electron chi connectivity index (χ2n) is 3.59. The molecule has 0 fully saturated rings. The number of hydrogen-bond donors (Lipinski definition) is 1. The number of halogens is 1. The monoisotopic (exact) mass is 312 g/mol. The van der Waals surface area contributed by atoms with Gasteiger partial charge in [-0.05, 0) is 35.0 Å². The lowest BCUT2D eigenvalue weighted by molar-refractivity contribution is 0.412. The van der Waals surface area contributed by atoms with Gasteiger partial charge in [0.2, 0.25) is 0 Å². The summed E-state index contributed by atoms with van der Waals surface area (Å²) < 4.78 is 6.20. The molecule has 1 N–H and O–H groups in total. The van der Waals surface area contributed by atoms with Crippen LogP contribution in [0.5, 0.6) is 5.75 Å². The van der Waals surface area contributed by atoms with Gasteiger partial charge in [0.1, 0.15) is 10.8 Å². The fraction of sp³-hybridized carbons (Fsp3) is 0.250. The van der Waals surface area contributed by atoms with Crippen LogP contribution in [0.25, 0.3) is 0 Å². The minimum atomic E-state index is 0.739. The zero-order valence-electron chi connectivity index (χ0n) is 9.66. The smallest absolute Gasteiger partial charge is 0.135 e. The molecule has 5 heteroatoms. The molecule has 0 radical (unpaired) electrons. The fourth-order valence-corrected chi connectivity index (χ4v) is 2.55. The second-order valence-corrected chi connectivity index (χ2v) is 5.38. The number of hydrogen-bond acceptors (Lipinski definition) is 4. The van der Waals surface area contributed by atoms with Crippen LogP contribution in [0.3, 0.4) is 0 Å². The summed E-state index contributed by atoms with van der Waals surface area (Å²) in [6.45, 7) is 2.74. The Morgan fingerprint density at radius 1 is 1.47 bits per heavy atom. The van der Waals surface area contributed by atoms with E-state index in [0.717, 1.165) is 33.2 Å². The van der Waals surface area contributed by atoms with Crippen LogP contribution in [-0.4, -0.2) is 12.1 Å². The number of rotatable bonds is 4. The quantitative estimate of drug-likeness (QED) is 0.931. The topological polar surface area (TPSA) is 34.1 Å². The minimum Gasteiger partial charge on any atom is -0.495 e. The molecule has 0 atom stereocenters. The first kappa shape index (κ1) is 12.4. The lowest BCUT2D eigenvalue weighted by Gasteiger charge is -2.08. The largest absolute Gasteiger partial charge is 0.495 e. The Balaban J connectivity index is 2.04. The number of aromatic nitrogens is 1. The van der Waals surface area contributed by atoms with Crippen molar-refractivity contribution in [1.82, 2.24) is 4.98 Å². The first-order chi connectivity index (χ1) is 8.19. The van der Waals surface area contributed by atoms with Crippen molar-refractivity contribution in [1.29, 1.82) is 0 Å². The van der Waals surface area contributed by atoms with Crippen LogP contribution in [-0.2, 0) is 6.54 Å². The molecule has 0 aliphatic rings. The normalized spacial score (nSPS) is 10.3. The molecule has 1 aromatic heterocycles. The Labute approximate surface area is 113 Å². The summed E-state index contributed by atoms with van der Waals surface area (Å²) >= 11 is 5.09. The van der Waals surface area contributed by atoms with Crippen LogP contribution in [0.1, 0.15) is 10.7 Å². The third-order valence-electron chi connectivity index (χ3n) is 2.26.